The van der Waals surface area contributed by atoms with Gasteiger partial charge >= 0.3 is 0 Å². The summed E-state index contributed by atoms with van der Waals surface area (Å²) in [6.45, 7) is 2.76. The van der Waals surface area contributed by atoms with Crippen LogP contribution in [0.5, 0.6) is 0 Å². The third kappa shape index (κ3) is 3.39. The Balaban J connectivity index is 1.41. The van der Waals surface area contributed by atoms with Crippen molar-refractivity contribution < 1.29 is 9.53 Å². The summed E-state index contributed by atoms with van der Waals surface area (Å²) >= 11 is 1.55. The summed E-state index contributed by atoms with van der Waals surface area (Å²) in [5.74, 6) is 2.26. The molecule has 3 fully saturated rings. The molecule has 0 unspecified atom stereocenters. The van der Waals surface area contributed by atoms with Gasteiger partial charge in [-0.1, -0.05) is 6.07 Å². The summed E-state index contributed by atoms with van der Waals surface area (Å²) in [4.78, 5) is 18.0. The number of fused-ring (bicyclic) bond motifs is 1. The van der Waals surface area contributed by atoms with Crippen LogP contribution in [0.25, 0.3) is 0 Å². The van der Waals surface area contributed by atoms with Crippen molar-refractivity contribution >= 4 is 17.2 Å². The van der Waals surface area contributed by atoms with Crippen LogP contribution in [0.2, 0.25) is 0 Å². The second kappa shape index (κ2) is 6.77. The van der Waals surface area contributed by atoms with Gasteiger partial charge in [-0.25, -0.2) is 0 Å². The van der Waals surface area contributed by atoms with Crippen molar-refractivity contribution in [2.45, 2.75) is 37.8 Å². The molecule has 1 aromatic heterocycles. The van der Waals surface area contributed by atoms with Gasteiger partial charge in [0, 0.05) is 25.7 Å². The summed E-state index contributed by atoms with van der Waals surface area (Å²) in [6.07, 6.45) is 5.28. The lowest BCUT2D eigenvalue weighted by Crippen LogP contribution is -2.48. The van der Waals surface area contributed by atoms with E-state index in [2.05, 4.69) is 23.9 Å². The van der Waals surface area contributed by atoms with E-state index in [4.69, 9.17) is 4.74 Å². The molecule has 4 atom stereocenters. The number of ether oxygens (including phenoxy) is 1. The minimum absolute atomic E-state index is 0.219. The van der Waals surface area contributed by atoms with Gasteiger partial charge < -0.3 is 14.5 Å². The molecule has 0 bridgehead atoms. The Morgan fingerprint density at radius 1 is 1.29 bits per heavy atom. The van der Waals surface area contributed by atoms with Crippen molar-refractivity contribution in [3.63, 3.8) is 0 Å². The summed E-state index contributed by atoms with van der Waals surface area (Å²) < 4.78 is 6.31. The smallest absolute Gasteiger partial charge is 0.263 e. The number of nitrogens with zero attached hydrogens (tertiary/aromatic N) is 2. The lowest BCUT2D eigenvalue weighted by Gasteiger charge is -2.41. The predicted molar refractivity (Wildman–Crippen MR) is 96.4 cm³/mol. The standard InChI is InChI=1S/C19H28N2O2S/c1-20(2)16-8-14-10-21(19(22)18-4-3-7-24-18)11-15(14)9-17(16)23-12-13-5-6-13/h3-4,7,13-17H,5-6,8-12H2,1-2H3/t14-,15+,16-,17-/m1/s1. The molecule has 2 saturated carbocycles. The van der Waals surface area contributed by atoms with E-state index in [0.717, 1.165) is 43.3 Å². The molecule has 4 nitrogen and oxygen atoms in total. The summed E-state index contributed by atoms with van der Waals surface area (Å²) in [5.41, 5.74) is 0. The summed E-state index contributed by atoms with van der Waals surface area (Å²) in [7, 11) is 4.34. The number of carbonyl (C=O) groups is 1. The fourth-order valence-corrected chi connectivity index (χ4v) is 5.07. The molecule has 4 rings (SSSR count). The van der Waals surface area contributed by atoms with Crippen LogP contribution in [0.3, 0.4) is 0 Å². The Hall–Kier alpha value is -0.910. The second-order valence-electron chi connectivity index (χ2n) is 8.03. The van der Waals surface area contributed by atoms with E-state index >= 15 is 0 Å². The lowest BCUT2D eigenvalue weighted by atomic mass is 9.77. The third-order valence-corrected chi connectivity index (χ3v) is 6.87. The van der Waals surface area contributed by atoms with Crippen LogP contribution in [0.15, 0.2) is 17.5 Å². The van der Waals surface area contributed by atoms with Gasteiger partial charge in [0.1, 0.15) is 0 Å². The van der Waals surface area contributed by atoms with Gasteiger partial charge in [0.25, 0.3) is 5.91 Å². The van der Waals surface area contributed by atoms with Gasteiger partial charge in [0.15, 0.2) is 0 Å². The number of rotatable bonds is 5. The van der Waals surface area contributed by atoms with Gasteiger partial charge in [-0.3, -0.25) is 4.79 Å². The van der Waals surface area contributed by atoms with Crippen molar-refractivity contribution in [2.24, 2.45) is 17.8 Å². The van der Waals surface area contributed by atoms with E-state index in [-0.39, 0.29) is 5.91 Å². The highest BCUT2D eigenvalue weighted by molar-refractivity contribution is 7.12. The highest BCUT2D eigenvalue weighted by atomic mass is 32.1. The molecule has 0 N–H and O–H groups in total. The Kier molecular flexibility index (Phi) is 4.67. The van der Waals surface area contributed by atoms with Crippen LogP contribution in [0, 0.1) is 17.8 Å². The maximum atomic E-state index is 12.7. The first-order valence-corrected chi connectivity index (χ1v) is 10.1. The molecule has 24 heavy (non-hydrogen) atoms. The zero-order chi connectivity index (χ0) is 16.7. The average Bonchev–Trinajstić information content (AvgIpc) is 3.08. The Bertz CT molecular complexity index is 570. The largest absolute Gasteiger partial charge is 0.376 e. The Labute approximate surface area is 148 Å². The molecule has 5 heteroatoms. The molecule has 1 aliphatic heterocycles. The number of hydrogen-bond acceptors (Lipinski definition) is 4. The van der Waals surface area contributed by atoms with E-state index < -0.39 is 0 Å². The summed E-state index contributed by atoms with van der Waals surface area (Å²) in [5, 5.41) is 1.99. The first kappa shape index (κ1) is 16.6. The number of thiophene rings is 1. The van der Waals surface area contributed by atoms with Crippen LogP contribution >= 0.6 is 11.3 Å². The molecule has 132 valence electrons. The van der Waals surface area contributed by atoms with Crippen molar-refractivity contribution in [2.75, 3.05) is 33.8 Å². The van der Waals surface area contributed by atoms with Gasteiger partial charge in [0.05, 0.1) is 11.0 Å². The van der Waals surface area contributed by atoms with Crippen molar-refractivity contribution in [1.82, 2.24) is 9.80 Å². The van der Waals surface area contributed by atoms with E-state index in [0.29, 0.717) is 24.0 Å². The van der Waals surface area contributed by atoms with Crippen LogP contribution in [0.4, 0.5) is 0 Å². The minimum atomic E-state index is 0.219. The van der Waals surface area contributed by atoms with E-state index in [1.165, 1.54) is 12.8 Å². The van der Waals surface area contributed by atoms with Crippen LogP contribution < -0.4 is 0 Å². The molecule has 2 aliphatic carbocycles. The SMILES string of the molecule is CN(C)[C@@H]1C[C@@H]2CN(C(=O)c3cccs3)C[C@@H]2C[C@H]1OCC1CC1. The normalized spacial score (nSPS) is 33.0. The maximum absolute atomic E-state index is 12.7. The highest BCUT2D eigenvalue weighted by Crippen LogP contribution is 2.40. The molecule has 3 aliphatic rings. The first-order valence-electron chi connectivity index (χ1n) is 9.22. The Morgan fingerprint density at radius 2 is 2.04 bits per heavy atom. The van der Waals surface area contributed by atoms with Crippen molar-refractivity contribution in [3.8, 4) is 0 Å². The van der Waals surface area contributed by atoms with Crippen molar-refractivity contribution in [3.05, 3.63) is 22.4 Å². The van der Waals surface area contributed by atoms with E-state index in [9.17, 15) is 4.79 Å². The number of likely N-dealkylation sites (N-methyl/N-ethyl adjacent to an activating group) is 1. The number of hydrogen-bond donors (Lipinski definition) is 0. The zero-order valence-corrected chi connectivity index (χ0v) is 15.5. The molecule has 0 aromatic carbocycles. The van der Waals surface area contributed by atoms with Crippen LogP contribution in [-0.2, 0) is 4.74 Å². The van der Waals surface area contributed by atoms with Gasteiger partial charge in [0.2, 0.25) is 0 Å². The first-order chi connectivity index (χ1) is 11.6. The number of amides is 1. The molecule has 0 spiro atoms. The lowest BCUT2D eigenvalue weighted by molar-refractivity contribution is -0.0493. The zero-order valence-electron chi connectivity index (χ0n) is 14.7. The molecule has 0 radical (unpaired) electrons. The third-order valence-electron chi connectivity index (χ3n) is 6.01. The topological polar surface area (TPSA) is 32.8 Å². The molecule has 2 heterocycles. The quantitative estimate of drug-likeness (QED) is 0.820. The van der Waals surface area contributed by atoms with Gasteiger partial charge in [-0.05, 0) is 69.0 Å². The number of carbonyl (C=O) groups excluding carboxylic acids is 1. The molecule has 1 amide bonds. The van der Waals surface area contributed by atoms with Crippen LogP contribution in [0.1, 0.15) is 35.4 Å². The monoisotopic (exact) mass is 348 g/mol. The fourth-order valence-electron chi connectivity index (χ4n) is 4.38. The predicted octanol–water partition coefficient (Wildman–Crippen LogP) is 2.96. The van der Waals surface area contributed by atoms with Gasteiger partial charge in [-0.15, -0.1) is 11.3 Å². The number of likely N-dealkylation sites (tertiary alicyclic amines) is 1. The van der Waals surface area contributed by atoms with E-state index in [1.807, 2.05) is 17.5 Å². The van der Waals surface area contributed by atoms with Crippen molar-refractivity contribution in [1.29, 1.82) is 0 Å². The van der Waals surface area contributed by atoms with E-state index in [1.54, 1.807) is 11.3 Å². The average molecular weight is 349 g/mol. The second-order valence-corrected chi connectivity index (χ2v) is 8.97. The highest BCUT2D eigenvalue weighted by Gasteiger charge is 2.45. The molecule has 1 saturated heterocycles. The maximum Gasteiger partial charge on any atom is 0.263 e. The molecular formula is C19H28N2O2S. The summed E-state index contributed by atoms with van der Waals surface area (Å²) in [6, 6.07) is 4.39. The molecule has 1 aromatic rings. The van der Waals surface area contributed by atoms with Gasteiger partial charge in [-0.2, -0.15) is 0 Å². The fraction of sp³-hybridized carbons (Fsp3) is 0.737. The minimum Gasteiger partial charge on any atom is -0.376 e. The van der Waals surface area contributed by atoms with Crippen LogP contribution in [-0.4, -0.2) is 61.6 Å². The molecular weight excluding hydrogens is 320 g/mol. The Morgan fingerprint density at radius 3 is 2.67 bits per heavy atom.